The molecule has 2 aromatic heterocycles. The van der Waals surface area contributed by atoms with Crippen LogP contribution < -0.4 is 10.6 Å². The Bertz CT molecular complexity index is 1200. The maximum atomic E-state index is 12.9. The first kappa shape index (κ1) is 23.0. The molecule has 0 bridgehead atoms. The van der Waals surface area contributed by atoms with Crippen molar-refractivity contribution in [1.29, 1.82) is 0 Å². The Hall–Kier alpha value is -3.22. The predicted octanol–water partition coefficient (Wildman–Crippen LogP) is 6.09. The van der Waals surface area contributed by atoms with Crippen molar-refractivity contribution in [2.24, 2.45) is 0 Å². The number of nitrogens with zero attached hydrogens (tertiary/aromatic N) is 3. The fourth-order valence-electron chi connectivity index (χ4n) is 3.70. The summed E-state index contributed by atoms with van der Waals surface area (Å²) in [4.78, 5) is 14.7. The Balaban J connectivity index is 1.64. The Kier molecular flexibility index (Phi) is 4.97. The molecule has 1 fully saturated rings. The highest BCUT2D eigenvalue weighted by molar-refractivity contribution is 8.45. The minimum atomic E-state index is -9.76. The standard InChI is InChI=1S/C20H20F5N5O2S/c1-2-20(10-4-12-27-18(20)31)19-30-29-17(32-19)15-5-3-11-26-16(15)28-13-6-8-14(9-7-13)33(21,22,23,24)25/h3,5-9,11H,2,4,10,12H2,1H3,(H,26,28)(H,27,31). The van der Waals surface area contributed by atoms with E-state index in [1.807, 2.05) is 6.92 Å². The Morgan fingerprint density at radius 2 is 1.85 bits per heavy atom. The van der Waals surface area contributed by atoms with Crippen LogP contribution in [0.4, 0.5) is 30.9 Å². The zero-order valence-electron chi connectivity index (χ0n) is 17.3. The minimum absolute atomic E-state index is 0.0513. The van der Waals surface area contributed by atoms with Gasteiger partial charge in [-0.1, -0.05) is 26.4 Å². The first-order valence-electron chi connectivity index (χ1n) is 10.0. The number of amides is 1. The molecule has 0 spiro atoms. The third kappa shape index (κ3) is 4.49. The van der Waals surface area contributed by atoms with Gasteiger partial charge in [-0.25, -0.2) is 4.98 Å². The van der Waals surface area contributed by atoms with Crippen LogP contribution in [0.5, 0.6) is 0 Å². The second-order valence-electron chi connectivity index (χ2n) is 7.73. The molecule has 1 aromatic carbocycles. The van der Waals surface area contributed by atoms with E-state index >= 15 is 0 Å². The summed E-state index contributed by atoms with van der Waals surface area (Å²) in [6.07, 6.45) is 3.19. The molecule has 7 nitrogen and oxygen atoms in total. The van der Waals surface area contributed by atoms with Crippen LogP contribution in [-0.4, -0.2) is 27.6 Å². The quantitative estimate of drug-likeness (QED) is 0.407. The van der Waals surface area contributed by atoms with Gasteiger partial charge in [0.15, 0.2) is 0 Å². The summed E-state index contributed by atoms with van der Waals surface area (Å²) in [5.41, 5.74) is -0.520. The van der Waals surface area contributed by atoms with Crippen LogP contribution in [0, 0.1) is 0 Å². The van der Waals surface area contributed by atoms with Crippen LogP contribution >= 0.6 is 10.2 Å². The summed E-state index contributed by atoms with van der Waals surface area (Å²) in [5.74, 6) is 0.175. The zero-order chi connectivity index (χ0) is 24.0. The SMILES string of the molecule is CCC1(c2nnc(-c3cccnc3Nc3ccc(S(F)(F)(F)(F)F)cc3)o2)CCCNC1=O. The van der Waals surface area contributed by atoms with Crippen LogP contribution in [0.15, 0.2) is 51.9 Å². The first-order chi connectivity index (χ1) is 15.3. The molecule has 1 aliphatic heterocycles. The van der Waals surface area contributed by atoms with E-state index in [4.69, 9.17) is 4.42 Å². The van der Waals surface area contributed by atoms with Crippen molar-refractivity contribution in [3.8, 4) is 11.5 Å². The Morgan fingerprint density at radius 3 is 2.48 bits per heavy atom. The average molecular weight is 489 g/mol. The molecule has 4 rings (SSSR count). The van der Waals surface area contributed by atoms with Gasteiger partial charge in [-0.3, -0.25) is 4.79 Å². The van der Waals surface area contributed by atoms with E-state index < -0.39 is 20.5 Å². The number of halogens is 5. The molecule has 0 aliphatic carbocycles. The number of hydrogen-bond donors (Lipinski definition) is 2. The van der Waals surface area contributed by atoms with Crippen molar-refractivity contribution >= 4 is 27.6 Å². The number of pyridine rings is 1. The minimum Gasteiger partial charge on any atom is -0.419 e. The molecule has 0 saturated carbocycles. The molecule has 1 amide bonds. The third-order valence-corrected chi connectivity index (χ3v) is 6.70. The first-order valence-corrected chi connectivity index (χ1v) is 12.0. The molecule has 13 heteroatoms. The number of piperidine rings is 1. The Morgan fingerprint density at radius 1 is 1.12 bits per heavy atom. The lowest BCUT2D eigenvalue weighted by Gasteiger charge is -2.40. The lowest BCUT2D eigenvalue weighted by molar-refractivity contribution is -0.129. The van der Waals surface area contributed by atoms with Crippen LogP contribution in [0.2, 0.25) is 0 Å². The molecule has 1 saturated heterocycles. The fourth-order valence-corrected chi connectivity index (χ4v) is 4.35. The molecular weight excluding hydrogens is 469 g/mol. The highest BCUT2D eigenvalue weighted by atomic mass is 32.5. The number of rotatable bonds is 6. The van der Waals surface area contributed by atoms with Crippen molar-refractivity contribution in [2.45, 2.75) is 36.5 Å². The van der Waals surface area contributed by atoms with Crippen LogP contribution in [0.3, 0.4) is 0 Å². The summed E-state index contributed by atoms with van der Waals surface area (Å²) < 4.78 is 70.6. The molecule has 3 aromatic rings. The van der Waals surface area contributed by atoms with Crippen molar-refractivity contribution in [3.05, 3.63) is 48.5 Å². The molecule has 1 aliphatic rings. The largest absolute Gasteiger partial charge is 0.419 e. The maximum absolute atomic E-state index is 12.9. The number of hydrogen-bond acceptors (Lipinski definition) is 6. The number of carbonyl (C=O) groups excluding carboxylic acids is 1. The second kappa shape index (κ2) is 7.14. The van der Waals surface area contributed by atoms with E-state index in [2.05, 4.69) is 25.8 Å². The number of benzene rings is 1. The van der Waals surface area contributed by atoms with E-state index in [1.54, 1.807) is 12.1 Å². The highest BCUT2D eigenvalue weighted by Gasteiger charge is 2.65. The van der Waals surface area contributed by atoms with Crippen molar-refractivity contribution < 1.29 is 28.6 Å². The third-order valence-electron chi connectivity index (χ3n) is 5.54. The van der Waals surface area contributed by atoms with Gasteiger partial charge in [0, 0.05) is 18.4 Å². The average Bonchev–Trinajstić information content (AvgIpc) is 3.24. The summed E-state index contributed by atoms with van der Waals surface area (Å²) in [7, 11) is -9.76. The zero-order valence-corrected chi connectivity index (χ0v) is 18.1. The number of nitrogens with one attached hydrogen (secondary N) is 2. The van der Waals surface area contributed by atoms with Gasteiger partial charge in [0.05, 0.1) is 5.56 Å². The van der Waals surface area contributed by atoms with Crippen LogP contribution in [0.25, 0.3) is 11.5 Å². The molecule has 3 heterocycles. The molecule has 1 unspecified atom stereocenters. The van der Waals surface area contributed by atoms with E-state index in [0.717, 1.165) is 18.6 Å². The molecule has 33 heavy (non-hydrogen) atoms. The molecule has 2 N–H and O–H groups in total. The second-order valence-corrected chi connectivity index (χ2v) is 10.1. The van der Waals surface area contributed by atoms with Gasteiger partial charge in [0.1, 0.15) is 16.1 Å². The van der Waals surface area contributed by atoms with Gasteiger partial charge in [0.25, 0.3) is 5.89 Å². The van der Waals surface area contributed by atoms with Gasteiger partial charge in [0.2, 0.25) is 11.8 Å². The van der Waals surface area contributed by atoms with Crippen LogP contribution in [-0.2, 0) is 10.2 Å². The van der Waals surface area contributed by atoms with Gasteiger partial charge in [-0.15, -0.1) is 10.2 Å². The van der Waals surface area contributed by atoms with Crippen molar-refractivity contribution in [1.82, 2.24) is 20.5 Å². The summed E-state index contributed by atoms with van der Waals surface area (Å²) in [6, 6.07) is 5.56. The van der Waals surface area contributed by atoms with Gasteiger partial charge >= 0.3 is 10.2 Å². The van der Waals surface area contributed by atoms with Gasteiger partial charge in [-0.05, 0) is 55.7 Å². The maximum Gasteiger partial charge on any atom is 0.310 e. The molecule has 0 radical (unpaired) electrons. The summed E-state index contributed by atoms with van der Waals surface area (Å²) >= 11 is 0. The highest BCUT2D eigenvalue weighted by Crippen LogP contribution is 3.02. The molecule has 178 valence electrons. The lowest BCUT2D eigenvalue weighted by Crippen LogP contribution is -2.48. The number of anilines is 2. The van der Waals surface area contributed by atoms with Crippen LogP contribution in [0.1, 0.15) is 32.1 Å². The predicted molar refractivity (Wildman–Crippen MR) is 113 cm³/mol. The molecular formula is C20H20F5N5O2S. The number of aromatic nitrogens is 3. The number of carbonyl (C=O) groups is 1. The van der Waals surface area contributed by atoms with E-state index in [-0.39, 0.29) is 29.2 Å². The van der Waals surface area contributed by atoms with Crippen molar-refractivity contribution in [2.75, 3.05) is 11.9 Å². The smallest absolute Gasteiger partial charge is 0.310 e. The fraction of sp³-hybridized carbons (Fsp3) is 0.300. The topological polar surface area (TPSA) is 92.9 Å². The van der Waals surface area contributed by atoms with E-state index in [9.17, 15) is 24.2 Å². The summed E-state index contributed by atoms with van der Waals surface area (Å²) in [5, 5.41) is 13.7. The van der Waals surface area contributed by atoms with Crippen molar-refractivity contribution in [3.63, 3.8) is 0 Å². The monoisotopic (exact) mass is 489 g/mol. The molecule has 1 atom stereocenters. The normalized spacial score (nSPS) is 21.1. The van der Waals surface area contributed by atoms with E-state index in [1.165, 1.54) is 6.20 Å². The van der Waals surface area contributed by atoms with E-state index in [0.29, 0.717) is 37.1 Å². The lowest BCUT2D eigenvalue weighted by atomic mass is 9.77. The summed E-state index contributed by atoms with van der Waals surface area (Å²) in [6.45, 7) is 2.42. The van der Waals surface area contributed by atoms with Gasteiger partial charge in [-0.2, -0.15) is 0 Å². The Labute approximate surface area is 185 Å². The van der Waals surface area contributed by atoms with Gasteiger partial charge < -0.3 is 15.1 Å².